The average Bonchev–Trinajstić information content (AvgIpc) is 2.13. The van der Waals surface area contributed by atoms with Crippen molar-refractivity contribution in [1.29, 1.82) is 0 Å². The summed E-state index contributed by atoms with van der Waals surface area (Å²) in [5.74, 6) is 0.484. The highest BCUT2D eigenvalue weighted by molar-refractivity contribution is 5.75. The van der Waals surface area contributed by atoms with Crippen LogP contribution in [0.1, 0.15) is 27.7 Å². The van der Waals surface area contributed by atoms with Crippen LogP contribution in [0, 0.1) is 5.92 Å². The first-order chi connectivity index (χ1) is 6.93. The molecule has 0 aromatic heterocycles. The Morgan fingerprint density at radius 1 is 1.53 bits per heavy atom. The number of urea groups is 1. The molecule has 15 heavy (non-hydrogen) atoms. The van der Waals surface area contributed by atoms with Crippen LogP contribution in [-0.4, -0.2) is 42.8 Å². The summed E-state index contributed by atoms with van der Waals surface area (Å²) in [7, 11) is 0. The van der Waals surface area contributed by atoms with Gasteiger partial charge >= 0.3 is 6.03 Å². The smallest absolute Gasteiger partial charge is 0.318 e. The summed E-state index contributed by atoms with van der Waals surface area (Å²) < 4.78 is 5.37. The van der Waals surface area contributed by atoms with Crippen LogP contribution >= 0.6 is 0 Å². The maximum Gasteiger partial charge on any atom is 0.318 e. The molecule has 0 radical (unpaired) electrons. The van der Waals surface area contributed by atoms with Gasteiger partial charge in [0.2, 0.25) is 0 Å². The third kappa shape index (κ3) is 3.38. The van der Waals surface area contributed by atoms with E-state index in [4.69, 9.17) is 4.74 Å². The average molecular weight is 214 g/mol. The van der Waals surface area contributed by atoms with Gasteiger partial charge in [-0.2, -0.15) is 0 Å². The second kappa shape index (κ2) is 4.84. The fourth-order valence-electron chi connectivity index (χ4n) is 1.62. The minimum atomic E-state index is -0.195. The summed E-state index contributed by atoms with van der Waals surface area (Å²) in [6, 6.07) is 0.0250. The second-order valence-electron chi connectivity index (χ2n) is 5.10. The van der Waals surface area contributed by atoms with Crippen LogP contribution < -0.4 is 5.32 Å². The Morgan fingerprint density at radius 2 is 2.20 bits per heavy atom. The summed E-state index contributed by atoms with van der Waals surface area (Å²) >= 11 is 0. The van der Waals surface area contributed by atoms with Crippen molar-refractivity contribution in [3.8, 4) is 0 Å². The van der Waals surface area contributed by atoms with Gasteiger partial charge < -0.3 is 15.0 Å². The van der Waals surface area contributed by atoms with Crippen molar-refractivity contribution in [2.75, 3.05) is 26.3 Å². The van der Waals surface area contributed by atoms with E-state index in [-0.39, 0.29) is 11.6 Å². The minimum absolute atomic E-state index is 0.0250. The van der Waals surface area contributed by atoms with Gasteiger partial charge in [0, 0.05) is 13.1 Å². The Balaban J connectivity index is 2.49. The standard InChI is InChI=1S/C11H22N2O2/c1-9(2)7-12-10(14)13-5-6-15-8-11(13,3)4/h9H,5-8H2,1-4H3,(H,12,14). The number of carbonyl (C=O) groups excluding carboxylic acids is 1. The van der Waals surface area contributed by atoms with Gasteiger partial charge in [-0.15, -0.1) is 0 Å². The SMILES string of the molecule is CC(C)CNC(=O)N1CCOCC1(C)C. The van der Waals surface area contributed by atoms with Gasteiger partial charge in [0.25, 0.3) is 0 Å². The third-order valence-electron chi connectivity index (χ3n) is 2.55. The van der Waals surface area contributed by atoms with Gasteiger partial charge in [0.15, 0.2) is 0 Å². The lowest BCUT2D eigenvalue weighted by molar-refractivity contribution is -0.0278. The van der Waals surface area contributed by atoms with Gasteiger partial charge in [-0.25, -0.2) is 4.79 Å². The third-order valence-corrected chi connectivity index (χ3v) is 2.55. The van der Waals surface area contributed by atoms with Crippen LogP contribution in [0.15, 0.2) is 0 Å². The Bertz CT molecular complexity index is 227. The number of ether oxygens (including phenoxy) is 1. The van der Waals surface area contributed by atoms with Crippen LogP contribution in [0.2, 0.25) is 0 Å². The topological polar surface area (TPSA) is 41.6 Å². The lowest BCUT2D eigenvalue weighted by Gasteiger charge is -2.42. The quantitative estimate of drug-likeness (QED) is 0.756. The Kier molecular flexibility index (Phi) is 3.97. The van der Waals surface area contributed by atoms with Crippen LogP contribution in [-0.2, 0) is 4.74 Å². The monoisotopic (exact) mass is 214 g/mol. The van der Waals surface area contributed by atoms with Crippen molar-refractivity contribution in [2.45, 2.75) is 33.2 Å². The highest BCUT2D eigenvalue weighted by atomic mass is 16.5. The first kappa shape index (κ1) is 12.3. The zero-order valence-electron chi connectivity index (χ0n) is 10.2. The van der Waals surface area contributed by atoms with Crippen LogP contribution in [0.25, 0.3) is 0 Å². The summed E-state index contributed by atoms with van der Waals surface area (Å²) in [5, 5.41) is 2.94. The molecule has 1 heterocycles. The molecule has 1 N–H and O–H groups in total. The van der Waals surface area contributed by atoms with Crippen LogP contribution in [0.4, 0.5) is 4.79 Å². The molecule has 0 unspecified atom stereocenters. The number of rotatable bonds is 2. The first-order valence-corrected chi connectivity index (χ1v) is 5.56. The number of nitrogens with one attached hydrogen (secondary N) is 1. The molecule has 1 fully saturated rings. The van der Waals surface area contributed by atoms with Crippen LogP contribution in [0.3, 0.4) is 0 Å². The molecule has 0 saturated carbocycles. The summed E-state index contributed by atoms with van der Waals surface area (Å²) in [4.78, 5) is 13.7. The number of carbonyl (C=O) groups is 1. The van der Waals surface area contributed by atoms with Gasteiger partial charge in [-0.05, 0) is 19.8 Å². The number of amides is 2. The molecule has 4 heteroatoms. The maximum atomic E-state index is 11.9. The van der Waals surface area contributed by atoms with E-state index in [0.29, 0.717) is 25.7 Å². The number of nitrogens with zero attached hydrogens (tertiary/aromatic N) is 1. The molecular weight excluding hydrogens is 192 g/mol. The van der Waals surface area contributed by atoms with Gasteiger partial charge in [0.1, 0.15) is 0 Å². The lowest BCUT2D eigenvalue weighted by Crippen LogP contribution is -2.58. The second-order valence-corrected chi connectivity index (χ2v) is 5.10. The molecule has 1 saturated heterocycles. The zero-order chi connectivity index (χ0) is 11.5. The van der Waals surface area contributed by atoms with Crippen molar-refractivity contribution >= 4 is 6.03 Å². The molecule has 88 valence electrons. The Labute approximate surface area is 92.0 Å². The fraction of sp³-hybridized carbons (Fsp3) is 0.909. The largest absolute Gasteiger partial charge is 0.377 e. The van der Waals surface area contributed by atoms with Crippen molar-refractivity contribution in [2.24, 2.45) is 5.92 Å². The van der Waals surface area contributed by atoms with E-state index in [2.05, 4.69) is 19.2 Å². The predicted octanol–water partition coefficient (Wildman–Crippen LogP) is 1.46. The van der Waals surface area contributed by atoms with Gasteiger partial charge in [0.05, 0.1) is 18.8 Å². The molecule has 1 aliphatic heterocycles. The van der Waals surface area contributed by atoms with E-state index in [1.807, 2.05) is 18.7 Å². The molecule has 0 spiro atoms. The van der Waals surface area contributed by atoms with E-state index in [1.54, 1.807) is 0 Å². The van der Waals surface area contributed by atoms with E-state index < -0.39 is 0 Å². The van der Waals surface area contributed by atoms with Gasteiger partial charge in [-0.1, -0.05) is 13.8 Å². The van der Waals surface area contributed by atoms with Crippen molar-refractivity contribution < 1.29 is 9.53 Å². The normalized spacial score (nSPS) is 20.5. The van der Waals surface area contributed by atoms with E-state index in [9.17, 15) is 4.79 Å². The molecule has 0 bridgehead atoms. The van der Waals surface area contributed by atoms with Crippen molar-refractivity contribution in [3.05, 3.63) is 0 Å². The van der Waals surface area contributed by atoms with Crippen LogP contribution in [0.5, 0.6) is 0 Å². The molecular formula is C11H22N2O2. The molecule has 1 rings (SSSR count). The summed E-state index contributed by atoms with van der Waals surface area (Å²) in [6.07, 6.45) is 0. The molecule has 0 atom stereocenters. The van der Waals surface area contributed by atoms with Gasteiger partial charge in [-0.3, -0.25) is 0 Å². The predicted molar refractivity (Wildman–Crippen MR) is 59.8 cm³/mol. The molecule has 1 aliphatic rings. The Morgan fingerprint density at radius 3 is 2.73 bits per heavy atom. The maximum absolute atomic E-state index is 11.9. The van der Waals surface area contributed by atoms with E-state index in [0.717, 1.165) is 6.54 Å². The first-order valence-electron chi connectivity index (χ1n) is 5.56. The molecule has 0 aliphatic carbocycles. The van der Waals surface area contributed by atoms with E-state index in [1.165, 1.54) is 0 Å². The fourth-order valence-corrected chi connectivity index (χ4v) is 1.62. The molecule has 0 aromatic rings. The Hall–Kier alpha value is -0.770. The molecule has 0 aromatic carbocycles. The molecule has 2 amide bonds. The zero-order valence-corrected chi connectivity index (χ0v) is 10.2. The minimum Gasteiger partial charge on any atom is -0.377 e. The summed E-state index contributed by atoms with van der Waals surface area (Å²) in [6.45, 7) is 10.9. The summed E-state index contributed by atoms with van der Waals surface area (Å²) in [5.41, 5.74) is -0.195. The lowest BCUT2D eigenvalue weighted by atomic mass is 10.0. The molecule has 4 nitrogen and oxygen atoms in total. The highest BCUT2D eigenvalue weighted by Crippen LogP contribution is 2.18. The number of hydrogen-bond donors (Lipinski definition) is 1. The highest BCUT2D eigenvalue weighted by Gasteiger charge is 2.33. The van der Waals surface area contributed by atoms with Crippen molar-refractivity contribution in [1.82, 2.24) is 10.2 Å². The van der Waals surface area contributed by atoms with Crippen molar-refractivity contribution in [3.63, 3.8) is 0 Å². The number of hydrogen-bond acceptors (Lipinski definition) is 2. The number of morpholine rings is 1. The van der Waals surface area contributed by atoms with E-state index >= 15 is 0 Å².